The predicted octanol–water partition coefficient (Wildman–Crippen LogP) is 3.27. The van der Waals surface area contributed by atoms with Gasteiger partial charge >= 0.3 is 0 Å². The average Bonchev–Trinajstić information content (AvgIpc) is 2.92. The van der Waals surface area contributed by atoms with Gasteiger partial charge in [-0.05, 0) is 24.5 Å². The average molecular weight is 273 g/mol. The first-order valence-corrected chi connectivity index (χ1v) is 7.09. The highest BCUT2D eigenvalue weighted by Gasteiger charge is 2.06. The second kappa shape index (κ2) is 7.10. The van der Waals surface area contributed by atoms with Crippen molar-refractivity contribution in [2.45, 2.75) is 32.9 Å². The molecule has 0 aliphatic carbocycles. The molecule has 4 nitrogen and oxygen atoms in total. The van der Waals surface area contributed by atoms with Gasteiger partial charge in [0.05, 0.1) is 25.0 Å². The molecule has 1 aromatic carbocycles. The van der Waals surface area contributed by atoms with Gasteiger partial charge in [0, 0.05) is 19.3 Å². The Morgan fingerprint density at radius 2 is 2.05 bits per heavy atom. The smallest absolute Gasteiger partial charge is 0.0731 e. The molecule has 0 fully saturated rings. The molecule has 0 aliphatic rings. The fourth-order valence-electron chi connectivity index (χ4n) is 2.12. The van der Waals surface area contributed by atoms with E-state index in [1.165, 1.54) is 11.1 Å². The molecule has 0 amide bonds. The molecule has 20 heavy (non-hydrogen) atoms. The van der Waals surface area contributed by atoms with Crippen molar-refractivity contribution >= 4 is 5.69 Å². The number of nitrogens with zero attached hydrogens (tertiary/aromatic N) is 2. The molecule has 1 heterocycles. The van der Waals surface area contributed by atoms with Crippen LogP contribution in [0.2, 0.25) is 0 Å². The van der Waals surface area contributed by atoms with E-state index in [1.807, 2.05) is 17.1 Å². The second-order valence-corrected chi connectivity index (χ2v) is 4.95. The van der Waals surface area contributed by atoms with Gasteiger partial charge in [-0.2, -0.15) is 5.10 Å². The van der Waals surface area contributed by atoms with Crippen LogP contribution in [-0.4, -0.2) is 23.5 Å². The lowest BCUT2D eigenvalue weighted by atomic mass is 10.1. The number of methoxy groups -OCH3 is 1. The van der Waals surface area contributed by atoms with Crippen LogP contribution in [0, 0.1) is 0 Å². The van der Waals surface area contributed by atoms with Crippen LogP contribution in [0.4, 0.5) is 5.69 Å². The van der Waals surface area contributed by atoms with Gasteiger partial charge in [-0.15, -0.1) is 0 Å². The lowest BCUT2D eigenvalue weighted by Crippen LogP contribution is -2.06. The maximum Gasteiger partial charge on any atom is 0.0731 e. The van der Waals surface area contributed by atoms with Crippen molar-refractivity contribution in [2.75, 3.05) is 19.0 Å². The Kier molecular flexibility index (Phi) is 5.18. The highest BCUT2D eigenvalue weighted by atomic mass is 16.5. The van der Waals surface area contributed by atoms with E-state index in [0.717, 1.165) is 18.7 Å². The normalized spacial score (nSPS) is 12.3. The number of aromatic nitrogens is 2. The van der Waals surface area contributed by atoms with Gasteiger partial charge < -0.3 is 10.1 Å². The summed E-state index contributed by atoms with van der Waals surface area (Å²) in [5.41, 5.74) is 3.69. The molecule has 1 aromatic heterocycles. The summed E-state index contributed by atoms with van der Waals surface area (Å²) in [6.07, 6.45) is 4.94. The minimum absolute atomic E-state index is 0.265. The van der Waals surface area contributed by atoms with Crippen LogP contribution in [0.25, 0.3) is 0 Å². The lowest BCUT2D eigenvalue weighted by molar-refractivity contribution is 0.183. The standard InChI is InChI=1S/C16H23N3O/c1-4-14-5-7-15(8-6-14)13(2)18-16-11-17-19(12-16)9-10-20-3/h5-8,11-13,18H,4,9-10H2,1-3H3. The molecule has 1 unspecified atom stereocenters. The summed E-state index contributed by atoms with van der Waals surface area (Å²) in [6.45, 7) is 5.78. The van der Waals surface area contributed by atoms with Crippen molar-refractivity contribution in [3.05, 3.63) is 47.8 Å². The number of ether oxygens (including phenoxy) is 1. The second-order valence-electron chi connectivity index (χ2n) is 4.95. The molecule has 0 saturated heterocycles. The number of hydrogen-bond acceptors (Lipinski definition) is 3. The van der Waals surface area contributed by atoms with E-state index < -0.39 is 0 Å². The van der Waals surface area contributed by atoms with E-state index in [9.17, 15) is 0 Å². The van der Waals surface area contributed by atoms with E-state index >= 15 is 0 Å². The largest absolute Gasteiger partial charge is 0.383 e. The van der Waals surface area contributed by atoms with E-state index in [4.69, 9.17) is 4.74 Å². The summed E-state index contributed by atoms with van der Waals surface area (Å²) in [4.78, 5) is 0. The zero-order chi connectivity index (χ0) is 14.4. The van der Waals surface area contributed by atoms with Gasteiger partial charge in [-0.3, -0.25) is 4.68 Å². The van der Waals surface area contributed by atoms with Crippen molar-refractivity contribution in [3.63, 3.8) is 0 Å². The van der Waals surface area contributed by atoms with Crippen LogP contribution >= 0.6 is 0 Å². The molecule has 108 valence electrons. The third-order valence-corrected chi connectivity index (χ3v) is 3.43. The van der Waals surface area contributed by atoms with Gasteiger partial charge in [0.25, 0.3) is 0 Å². The van der Waals surface area contributed by atoms with Crippen LogP contribution in [0.3, 0.4) is 0 Å². The minimum Gasteiger partial charge on any atom is -0.383 e. The molecular weight excluding hydrogens is 250 g/mol. The van der Waals surface area contributed by atoms with Crippen LogP contribution in [0.5, 0.6) is 0 Å². The summed E-state index contributed by atoms with van der Waals surface area (Å²) in [5, 5.41) is 7.77. The number of anilines is 1. The van der Waals surface area contributed by atoms with Gasteiger partial charge in [-0.25, -0.2) is 0 Å². The lowest BCUT2D eigenvalue weighted by Gasteiger charge is -2.14. The topological polar surface area (TPSA) is 39.1 Å². The molecule has 0 spiro atoms. The molecule has 0 bridgehead atoms. The zero-order valence-electron chi connectivity index (χ0n) is 12.5. The third kappa shape index (κ3) is 3.84. The van der Waals surface area contributed by atoms with Gasteiger partial charge in [0.2, 0.25) is 0 Å². The maximum atomic E-state index is 5.05. The van der Waals surface area contributed by atoms with Crippen molar-refractivity contribution in [3.8, 4) is 0 Å². The Bertz CT molecular complexity index is 519. The first-order valence-electron chi connectivity index (χ1n) is 7.09. The van der Waals surface area contributed by atoms with Crippen LogP contribution in [-0.2, 0) is 17.7 Å². The number of nitrogens with one attached hydrogen (secondary N) is 1. The quantitative estimate of drug-likeness (QED) is 0.841. The Hall–Kier alpha value is -1.81. The number of aryl methyl sites for hydroxylation is 1. The summed E-state index contributed by atoms with van der Waals surface area (Å²) in [7, 11) is 1.70. The number of benzene rings is 1. The summed E-state index contributed by atoms with van der Waals surface area (Å²) < 4.78 is 6.93. The summed E-state index contributed by atoms with van der Waals surface area (Å²) in [6, 6.07) is 9.02. The molecule has 1 atom stereocenters. The Morgan fingerprint density at radius 1 is 1.30 bits per heavy atom. The van der Waals surface area contributed by atoms with E-state index in [1.54, 1.807) is 7.11 Å². The summed E-state index contributed by atoms with van der Waals surface area (Å²) in [5.74, 6) is 0. The van der Waals surface area contributed by atoms with E-state index in [0.29, 0.717) is 6.61 Å². The molecule has 0 aliphatic heterocycles. The van der Waals surface area contributed by atoms with Crippen molar-refractivity contribution in [1.29, 1.82) is 0 Å². The van der Waals surface area contributed by atoms with Gasteiger partial charge in [-0.1, -0.05) is 31.2 Å². The van der Waals surface area contributed by atoms with Crippen molar-refractivity contribution in [1.82, 2.24) is 9.78 Å². The Labute approximate surface area is 120 Å². The first kappa shape index (κ1) is 14.6. The molecule has 2 rings (SSSR count). The van der Waals surface area contributed by atoms with Crippen molar-refractivity contribution < 1.29 is 4.74 Å². The molecule has 2 aromatic rings. The maximum absolute atomic E-state index is 5.05. The van der Waals surface area contributed by atoms with Gasteiger partial charge in [0.1, 0.15) is 0 Å². The fourth-order valence-corrected chi connectivity index (χ4v) is 2.12. The fraction of sp³-hybridized carbons (Fsp3) is 0.438. The number of rotatable bonds is 7. The highest BCUT2D eigenvalue weighted by Crippen LogP contribution is 2.19. The predicted molar refractivity (Wildman–Crippen MR) is 82.0 cm³/mol. The third-order valence-electron chi connectivity index (χ3n) is 3.43. The van der Waals surface area contributed by atoms with E-state index in [-0.39, 0.29) is 6.04 Å². The Balaban J connectivity index is 1.95. The highest BCUT2D eigenvalue weighted by molar-refractivity contribution is 5.41. The van der Waals surface area contributed by atoms with Crippen molar-refractivity contribution in [2.24, 2.45) is 0 Å². The monoisotopic (exact) mass is 273 g/mol. The van der Waals surface area contributed by atoms with E-state index in [2.05, 4.69) is 48.5 Å². The van der Waals surface area contributed by atoms with Crippen LogP contribution < -0.4 is 5.32 Å². The molecule has 0 radical (unpaired) electrons. The Morgan fingerprint density at radius 3 is 2.70 bits per heavy atom. The minimum atomic E-state index is 0.265. The molecule has 1 N–H and O–H groups in total. The van der Waals surface area contributed by atoms with Crippen LogP contribution in [0.1, 0.15) is 31.0 Å². The first-order chi connectivity index (χ1) is 9.72. The number of hydrogen-bond donors (Lipinski definition) is 1. The SMILES string of the molecule is CCc1ccc(C(C)Nc2cnn(CCOC)c2)cc1. The summed E-state index contributed by atoms with van der Waals surface area (Å²) >= 11 is 0. The molecule has 0 saturated carbocycles. The van der Waals surface area contributed by atoms with Gasteiger partial charge in [0.15, 0.2) is 0 Å². The molecular formula is C16H23N3O. The molecule has 4 heteroatoms. The van der Waals surface area contributed by atoms with Crippen LogP contribution in [0.15, 0.2) is 36.7 Å². The zero-order valence-corrected chi connectivity index (χ0v) is 12.5.